The number of anilines is 1. The van der Waals surface area contributed by atoms with Gasteiger partial charge in [0.25, 0.3) is 5.69 Å². The number of hydrogen-bond acceptors (Lipinski definition) is 6. The Bertz CT molecular complexity index is 479. The summed E-state index contributed by atoms with van der Waals surface area (Å²) >= 11 is 0. The van der Waals surface area contributed by atoms with E-state index >= 15 is 0 Å². The number of nitro groups is 1. The van der Waals surface area contributed by atoms with Gasteiger partial charge in [0, 0.05) is 24.2 Å². The normalized spacial score (nSPS) is 26.4. The smallest absolute Gasteiger partial charge is 0.271 e. The first-order valence-corrected chi connectivity index (χ1v) is 5.97. The second kappa shape index (κ2) is 5.52. The molecule has 7 nitrogen and oxygen atoms in total. The monoisotopic (exact) mass is 268 g/mol. The van der Waals surface area contributed by atoms with Crippen molar-refractivity contribution in [2.75, 3.05) is 11.9 Å². The van der Waals surface area contributed by atoms with E-state index in [4.69, 9.17) is 9.84 Å². The average molecular weight is 268 g/mol. The summed E-state index contributed by atoms with van der Waals surface area (Å²) in [6.07, 6.45) is -1.49. The molecule has 0 radical (unpaired) electrons. The van der Waals surface area contributed by atoms with E-state index in [1.165, 1.54) is 12.1 Å². The molecule has 0 amide bonds. The molecule has 1 aromatic carbocycles. The van der Waals surface area contributed by atoms with Crippen molar-refractivity contribution in [1.82, 2.24) is 0 Å². The summed E-state index contributed by atoms with van der Waals surface area (Å²) in [5, 5.41) is 32.3. The standard InChI is InChI=1S/C12H16N2O5/c1-7-2-3-8(14(17)18)4-9(7)13-12-5-10(16)11(6-15)19-12/h2-4,10-13,15-16H,5-6H2,1H3/t10-,11+,12+/m0/s1. The Balaban J connectivity index is 2.11. The van der Waals surface area contributed by atoms with Crippen LogP contribution >= 0.6 is 0 Å². The summed E-state index contributed by atoms with van der Waals surface area (Å²) in [5.74, 6) is 0. The van der Waals surface area contributed by atoms with Gasteiger partial charge in [-0.05, 0) is 12.5 Å². The lowest BCUT2D eigenvalue weighted by Crippen LogP contribution is -2.25. The molecule has 1 aliphatic heterocycles. The minimum atomic E-state index is -0.735. The van der Waals surface area contributed by atoms with Crippen molar-refractivity contribution in [3.8, 4) is 0 Å². The second-order valence-corrected chi connectivity index (χ2v) is 4.55. The number of aliphatic hydroxyl groups excluding tert-OH is 2. The van der Waals surface area contributed by atoms with Crippen LogP contribution < -0.4 is 5.32 Å². The van der Waals surface area contributed by atoms with Crippen molar-refractivity contribution in [3.05, 3.63) is 33.9 Å². The first-order chi connectivity index (χ1) is 9.01. The number of rotatable bonds is 4. The van der Waals surface area contributed by atoms with E-state index in [0.717, 1.165) is 5.56 Å². The van der Waals surface area contributed by atoms with Gasteiger partial charge in [0.15, 0.2) is 0 Å². The minimum Gasteiger partial charge on any atom is -0.394 e. The molecule has 3 N–H and O–H groups in total. The van der Waals surface area contributed by atoms with Crippen molar-refractivity contribution < 1.29 is 19.9 Å². The molecular formula is C12H16N2O5. The van der Waals surface area contributed by atoms with Crippen LogP contribution in [-0.2, 0) is 4.74 Å². The highest BCUT2D eigenvalue weighted by Crippen LogP contribution is 2.26. The molecular weight excluding hydrogens is 252 g/mol. The molecule has 1 aromatic rings. The third-order valence-electron chi connectivity index (χ3n) is 3.15. The van der Waals surface area contributed by atoms with E-state index in [9.17, 15) is 15.2 Å². The molecule has 0 aliphatic carbocycles. The van der Waals surface area contributed by atoms with Crippen molar-refractivity contribution in [2.45, 2.75) is 31.8 Å². The molecule has 104 valence electrons. The number of ether oxygens (including phenoxy) is 1. The lowest BCUT2D eigenvalue weighted by molar-refractivity contribution is -0.384. The quantitative estimate of drug-likeness (QED) is 0.550. The van der Waals surface area contributed by atoms with Gasteiger partial charge in [-0.15, -0.1) is 0 Å². The van der Waals surface area contributed by atoms with E-state index in [1.54, 1.807) is 6.07 Å². The van der Waals surface area contributed by atoms with Crippen molar-refractivity contribution >= 4 is 11.4 Å². The third-order valence-corrected chi connectivity index (χ3v) is 3.15. The highest BCUT2D eigenvalue weighted by Gasteiger charge is 2.33. The van der Waals surface area contributed by atoms with Crippen LogP contribution in [0, 0.1) is 17.0 Å². The van der Waals surface area contributed by atoms with E-state index in [2.05, 4.69) is 5.32 Å². The second-order valence-electron chi connectivity index (χ2n) is 4.55. The largest absolute Gasteiger partial charge is 0.394 e. The molecule has 0 bridgehead atoms. The third kappa shape index (κ3) is 3.01. The number of nitrogens with one attached hydrogen (secondary N) is 1. The van der Waals surface area contributed by atoms with Crippen LogP contribution in [0.15, 0.2) is 18.2 Å². The lowest BCUT2D eigenvalue weighted by atomic mass is 10.1. The molecule has 1 fully saturated rings. The Morgan fingerprint density at radius 1 is 1.58 bits per heavy atom. The summed E-state index contributed by atoms with van der Waals surface area (Å²) < 4.78 is 5.40. The predicted molar refractivity (Wildman–Crippen MR) is 67.8 cm³/mol. The molecule has 0 spiro atoms. The number of non-ortho nitro benzene ring substituents is 1. The first-order valence-electron chi connectivity index (χ1n) is 5.97. The molecule has 19 heavy (non-hydrogen) atoms. The first kappa shape index (κ1) is 13.7. The average Bonchev–Trinajstić information content (AvgIpc) is 2.72. The molecule has 1 aliphatic rings. The van der Waals surface area contributed by atoms with Gasteiger partial charge in [-0.3, -0.25) is 10.1 Å². The van der Waals surface area contributed by atoms with Gasteiger partial charge in [-0.25, -0.2) is 0 Å². The van der Waals surface area contributed by atoms with Gasteiger partial charge in [0.1, 0.15) is 12.3 Å². The van der Waals surface area contributed by atoms with E-state index in [-0.39, 0.29) is 12.3 Å². The Labute approximate surface area is 110 Å². The summed E-state index contributed by atoms with van der Waals surface area (Å²) in [6.45, 7) is 1.56. The Morgan fingerprint density at radius 3 is 2.89 bits per heavy atom. The van der Waals surface area contributed by atoms with Crippen molar-refractivity contribution in [1.29, 1.82) is 0 Å². The number of aryl methyl sites for hydroxylation is 1. The van der Waals surface area contributed by atoms with Crippen LogP contribution in [0.2, 0.25) is 0 Å². The molecule has 7 heteroatoms. The van der Waals surface area contributed by atoms with Gasteiger partial charge < -0.3 is 20.3 Å². The molecule has 1 saturated heterocycles. The van der Waals surface area contributed by atoms with Crippen LogP contribution in [-0.4, -0.2) is 40.2 Å². The van der Waals surface area contributed by atoms with E-state index in [1.807, 2.05) is 6.92 Å². The molecule has 2 rings (SSSR count). The van der Waals surface area contributed by atoms with Gasteiger partial charge in [0.05, 0.1) is 17.6 Å². The zero-order chi connectivity index (χ0) is 14.0. The fourth-order valence-corrected chi connectivity index (χ4v) is 2.04. The zero-order valence-electron chi connectivity index (χ0n) is 10.4. The lowest BCUT2D eigenvalue weighted by Gasteiger charge is -2.16. The summed E-state index contributed by atoms with van der Waals surface area (Å²) in [5.41, 5.74) is 1.42. The van der Waals surface area contributed by atoms with Crippen molar-refractivity contribution in [3.63, 3.8) is 0 Å². The predicted octanol–water partition coefficient (Wildman–Crippen LogP) is 0.783. The fourth-order valence-electron chi connectivity index (χ4n) is 2.04. The van der Waals surface area contributed by atoms with Gasteiger partial charge >= 0.3 is 0 Å². The highest BCUT2D eigenvalue weighted by atomic mass is 16.6. The summed E-state index contributed by atoms with van der Waals surface area (Å²) in [4.78, 5) is 10.3. The SMILES string of the molecule is Cc1ccc([N+](=O)[O-])cc1N[C@H]1C[C@H](O)[C@@H](CO)O1. The Hall–Kier alpha value is -1.70. The topological polar surface area (TPSA) is 105 Å². The zero-order valence-corrected chi connectivity index (χ0v) is 10.4. The van der Waals surface area contributed by atoms with Gasteiger partial charge in [-0.2, -0.15) is 0 Å². The number of aliphatic hydroxyl groups is 2. The minimum absolute atomic E-state index is 0.00893. The molecule has 1 heterocycles. The maximum atomic E-state index is 10.7. The van der Waals surface area contributed by atoms with E-state index in [0.29, 0.717) is 12.1 Å². The van der Waals surface area contributed by atoms with Crippen LogP contribution in [0.4, 0.5) is 11.4 Å². The number of benzene rings is 1. The summed E-state index contributed by atoms with van der Waals surface area (Å²) in [7, 11) is 0. The van der Waals surface area contributed by atoms with Crippen molar-refractivity contribution in [2.24, 2.45) is 0 Å². The molecule has 3 atom stereocenters. The Kier molecular flexibility index (Phi) is 3.98. The number of nitrogens with zero attached hydrogens (tertiary/aromatic N) is 1. The number of nitro benzene ring substituents is 1. The van der Waals surface area contributed by atoms with Gasteiger partial charge in [-0.1, -0.05) is 6.07 Å². The molecule has 0 saturated carbocycles. The maximum absolute atomic E-state index is 10.7. The molecule has 0 unspecified atom stereocenters. The van der Waals surface area contributed by atoms with E-state index < -0.39 is 23.4 Å². The fraction of sp³-hybridized carbons (Fsp3) is 0.500. The Morgan fingerprint density at radius 2 is 2.32 bits per heavy atom. The van der Waals surface area contributed by atoms with Crippen LogP contribution in [0.1, 0.15) is 12.0 Å². The number of hydrogen-bond donors (Lipinski definition) is 3. The van der Waals surface area contributed by atoms with Crippen LogP contribution in [0.25, 0.3) is 0 Å². The van der Waals surface area contributed by atoms with Gasteiger partial charge in [0.2, 0.25) is 0 Å². The molecule has 0 aromatic heterocycles. The van der Waals surface area contributed by atoms with Crippen LogP contribution in [0.3, 0.4) is 0 Å². The van der Waals surface area contributed by atoms with Crippen LogP contribution in [0.5, 0.6) is 0 Å². The summed E-state index contributed by atoms with van der Waals surface area (Å²) in [6, 6.07) is 4.51. The maximum Gasteiger partial charge on any atom is 0.271 e. The highest BCUT2D eigenvalue weighted by molar-refractivity contribution is 5.57.